The van der Waals surface area contributed by atoms with Gasteiger partial charge in [-0.3, -0.25) is 10.0 Å². The van der Waals surface area contributed by atoms with Crippen LogP contribution in [0.25, 0.3) is 11.3 Å². The number of aromatic nitrogens is 1. The second-order valence-corrected chi connectivity index (χ2v) is 15.0. The van der Waals surface area contributed by atoms with E-state index in [0.717, 1.165) is 28.7 Å². The number of hydrogen-bond donors (Lipinski definition) is 3. The number of thiazole rings is 1. The van der Waals surface area contributed by atoms with Crippen molar-refractivity contribution in [3.8, 4) is 11.3 Å². The Bertz CT molecular complexity index is 1680. The van der Waals surface area contributed by atoms with Crippen molar-refractivity contribution in [3.63, 3.8) is 0 Å². The van der Waals surface area contributed by atoms with Crippen LogP contribution in [0.5, 0.6) is 0 Å². The molecule has 3 amide bonds. The fourth-order valence-electron chi connectivity index (χ4n) is 4.72. The van der Waals surface area contributed by atoms with Gasteiger partial charge in [0.2, 0.25) is 10.0 Å². The van der Waals surface area contributed by atoms with Crippen molar-refractivity contribution in [2.75, 3.05) is 35.9 Å². The standard InChI is InChI=1S/C33H38ClN5O5S2.ClH/c1-33(2,3)44-32(41)35-20-22-39(21-19-27(23-11-7-5-8-12-23)24-13-9-6-10-14-24)31(40)37-30-36-28(29(34)45-30)25-15-17-26(18-16-25)38-46(4,42)43;/h5-18,27,38H,19-22H2,1-4H3,(H,35,41)(H,36,37,40);1H. The number of rotatable bonds is 12. The van der Waals surface area contributed by atoms with Crippen molar-refractivity contribution < 1.29 is 22.7 Å². The third-order valence-corrected chi connectivity index (χ3v) is 8.47. The number of alkyl carbamates (subject to hydrolysis) is 1. The van der Waals surface area contributed by atoms with Crippen LogP contribution >= 0.6 is 35.3 Å². The van der Waals surface area contributed by atoms with Crippen LogP contribution in [0.15, 0.2) is 84.9 Å². The lowest BCUT2D eigenvalue weighted by molar-refractivity contribution is 0.0523. The Morgan fingerprint density at radius 1 is 0.936 bits per heavy atom. The number of amides is 3. The van der Waals surface area contributed by atoms with Crippen LogP contribution in [0.3, 0.4) is 0 Å². The average Bonchev–Trinajstić information content (AvgIpc) is 3.35. The highest BCUT2D eigenvalue weighted by molar-refractivity contribution is 7.92. The van der Waals surface area contributed by atoms with Crippen LogP contribution in [-0.4, -0.2) is 61.9 Å². The highest BCUT2D eigenvalue weighted by atomic mass is 35.5. The minimum absolute atomic E-state index is 0. The molecule has 4 rings (SSSR count). The molecule has 0 atom stereocenters. The Balaban J connectivity index is 0.00000600. The summed E-state index contributed by atoms with van der Waals surface area (Å²) in [6.07, 6.45) is 1.15. The van der Waals surface area contributed by atoms with Crippen LogP contribution in [0, 0.1) is 0 Å². The van der Waals surface area contributed by atoms with Crippen molar-refractivity contribution in [2.45, 2.75) is 38.7 Å². The smallest absolute Gasteiger partial charge is 0.407 e. The van der Waals surface area contributed by atoms with Crippen LogP contribution in [0.1, 0.15) is 44.2 Å². The molecule has 0 spiro atoms. The van der Waals surface area contributed by atoms with Crippen molar-refractivity contribution in [1.29, 1.82) is 0 Å². The summed E-state index contributed by atoms with van der Waals surface area (Å²) in [6.45, 7) is 6.15. The lowest BCUT2D eigenvalue weighted by atomic mass is 9.88. The summed E-state index contributed by atoms with van der Waals surface area (Å²) >= 11 is 7.63. The van der Waals surface area contributed by atoms with Crippen molar-refractivity contribution >= 4 is 68.3 Å². The molecule has 10 nitrogen and oxygen atoms in total. The third-order valence-electron chi connectivity index (χ3n) is 6.69. The van der Waals surface area contributed by atoms with Crippen LogP contribution in [0.2, 0.25) is 4.34 Å². The minimum atomic E-state index is -3.41. The van der Waals surface area contributed by atoms with Gasteiger partial charge in [0.15, 0.2) is 5.13 Å². The van der Waals surface area contributed by atoms with Crippen LogP contribution < -0.4 is 15.4 Å². The number of halogens is 2. The lowest BCUT2D eigenvalue weighted by Crippen LogP contribution is -2.42. The molecular formula is C33H39Cl2N5O5S2. The largest absolute Gasteiger partial charge is 0.444 e. The van der Waals surface area contributed by atoms with E-state index in [4.69, 9.17) is 16.3 Å². The van der Waals surface area contributed by atoms with E-state index in [1.165, 1.54) is 0 Å². The fourth-order valence-corrected chi connectivity index (χ4v) is 6.36. The van der Waals surface area contributed by atoms with Gasteiger partial charge in [0.25, 0.3) is 0 Å². The second kappa shape index (κ2) is 16.8. The molecule has 0 aliphatic heterocycles. The molecule has 1 heterocycles. The maximum atomic E-state index is 13.7. The predicted molar refractivity (Wildman–Crippen MR) is 192 cm³/mol. The fraction of sp³-hybridized carbons (Fsp3) is 0.303. The van der Waals surface area contributed by atoms with Crippen molar-refractivity contribution in [2.24, 2.45) is 0 Å². The zero-order valence-electron chi connectivity index (χ0n) is 26.5. The number of sulfonamides is 1. The third kappa shape index (κ3) is 12.0. The van der Waals surface area contributed by atoms with Gasteiger partial charge < -0.3 is 15.0 Å². The Labute approximate surface area is 291 Å². The van der Waals surface area contributed by atoms with Crippen LogP contribution in [0.4, 0.5) is 20.4 Å². The maximum absolute atomic E-state index is 13.7. The number of hydrogen-bond acceptors (Lipinski definition) is 7. The average molecular weight is 721 g/mol. The zero-order chi connectivity index (χ0) is 33.3. The normalized spacial score (nSPS) is 11.4. The summed E-state index contributed by atoms with van der Waals surface area (Å²) in [4.78, 5) is 32.1. The number of carbonyl (C=O) groups is 2. The molecule has 4 aromatic rings. The number of carbonyl (C=O) groups excluding carboxylic acids is 2. The molecule has 0 radical (unpaired) electrons. The molecule has 0 aliphatic carbocycles. The first-order valence-electron chi connectivity index (χ1n) is 14.6. The highest BCUT2D eigenvalue weighted by Gasteiger charge is 2.22. The quantitative estimate of drug-likeness (QED) is 0.137. The van der Waals surface area contributed by atoms with E-state index in [0.29, 0.717) is 39.4 Å². The Hall–Kier alpha value is -3.84. The number of nitrogens with zero attached hydrogens (tertiary/aromatic N) is 2. The summed E-state index contributed by atoms with van der Waals surface area (Å²) < 4.78 is 31.2. The minimum Gasteiger partial charge on any atom is -0.444 e. The summed E-state index contributed by atoms with van der Waals surface area (Å²) in [7, 11) is -3.41. The topological polar surface area (TPSA) is 130 Å². The van der Waals surface area contributed by atoms with Gasteiger partial charge >= 0.3 is 12.1 Å². The molecule has 0 fully saturated rings. The van der Waals surface area contributed by atoms with Gasteiger partial charge in [0.05, 0.1) is 6.26 Å². The lowest BCUT2D eigenvalue weighted by Gasteiger charge is -2.26. The summed E-state index contributed by atoms with van der Waals surface area (Å²) in [5.74, 6) is 0.0394. The SMILES string of the molecule is CC(C)(C)OC(=O)NCCN(CCC(c1ccccc1)c1ccccc1)C(=O)Nc1nc(-c2ccc(NS(C)(=O)=O)cc2)c(Cl)s1.Cl. The predicted octanol–water partition coefficient (Wildman–Crippen LogP) is 7.84. The van der Waals surface area contributed by atoms with Crippen molar-refractivity contribution in [1.82, 2.24) is 15.2 Å². The van der Waals surface area contributed by atoms with E-state index in [9.17, 15) is 18.0 Å². The molecule has 3 aromatic carbocycles. The number of ether oxygens (including phenoxy) is 1. The number of nitrogens with one attached hydrogen (secondary N) is 3. The van der Waals surface area contributed by atoms with E-state index in [1.807, 2.05) is 36.4 Å². The van der Waals surface area contributed by atoms with E-state index in [1.54, 1.807) is 49.9 Å². The van der Waals surface area contributed by atoms with Crippen LogP contribution in [-0.2, 0) is 14.8 Å². The van der Waals surface area contributed by atoms with Gasteiger partial charge in [-0.15, -0.1) is 12.4 Å². The number of urea groups is 1. The molecule has 3 N–H and O–H groups in total. The Morgan fingerprint density at radius 2 is 1.51 bits per heavy atom. The Kier molecular flexibility index (Phi) is 13.5. The van der Waals surface area contributed by atoms with E-state index >= 15 is 0 Å². The molecular weight excluding hydrogens is 681 g/mol. The summed E-state index contributed by atoms with van der Waals surface area (Å²) in [6, 6.07) is 26.5. The first-order valence-corrected chi connectivity index (χ1v) is 17.7. The first-order chi connectivity index (χ1) is 21.8. The molecule has 252 valence electrons. The monoisotopic (exact) mass is 719 g/mol. The second-order valence-electron chi connectivity index (χ2n) is 11.6. The number of benzene rings is 3. The highest BCUT2D eigenvalue weighted by Crippen LogP contribution is 2.36. The summed E-state index contributed by atoms with van der Waals surface area (Å²) in [5, 5.41) is 5.90. The molecule has 14 heteroatoms. The van der Waals surface area contributed by atoms with E-state index in [-0.39, 0.29) is 31.4 Å². The van der Waals surface area contributed by atoms with Gasteiger partial charge in [0, 0.05) is 36.8 Å². The summed E-state index contributed by atoms with van der Waals surface area (Å²) in [5.41, 5.74) is 3.15. The number of anilines is 2. The molecule has 0 saturated carbocycles. The van der Waals surface area contributed by atoms with Gasteiger partial charge in [0.1, 0.15) is 15.6 Å². The molecule has 0 saturated heterocycles. The van der Waals surface area contributed by atoms with E-state index < -0.39 is 27.7 Å². The zero-order valence-corrected chi connectivity index (χ0v) is 29.7. The molecule has 1 aromatic heterocycles. The first kappa shape index (κ1) is 37.6. The molecule has 0 unspecified atom stereocenters. The molecule has 0 aliphatic rings. The maximum Gasteiger partial charge on any atom is 0.407 e. The van der Waals surface area contributed by atoms with Crippen molar-refractivity contribution in [3.05, 3.63) is 100 Å². The van der Waals surface area contributed by atoms with Gasteiger partial charge in [-0.25, -0.2) is 23.0 Å². The molecule has 0 bridgehead atoms. The Morgan fingerprint density at radius 3 is 2.04 bits per heavy atom. The van der Waals surface area contributed by atoms with Gasteiger partial charge in [-0.2, -0.15) is 0 Å². The van der Waals surface area contributed by atoms with E-state index in [2.05, 4.69) is 44.6 Å². The van der Waals surface area contributed by atoms with Gasteiger partial charge in [-0.1, -0.05) is 95.7 Å². The van der Waals surface area contributed by atoms with Gasteiger partial charge in [-0.05, 0) is 50.5 Å². The molecule has 47 heavy (non-hydrogen) atoms.